The van der Waals surface area contributed by atoms with Crippen LogP contribution in [0.5, 0.6) is 0 Å². The van der Waals surface area contributed by atoms with Gasteiger partial charge in [-0.3, -0.25) is 9.59 Å². The van der Waals surface area contributed by atoms with Crippen molar-refractivity contribution in [2.45, 2.75) is 32.2 Å². The molecule has 2 aromatic carbocycles. The molecule has 4 heteroatoms. The highest BCUT2D eigenvalue weighted by Crippen LogP contribution is 2.20. The molecule has 0 fully saturated rings. The summed E-state index contributed by atoms with van der Waals surface area (Å²) in [5.41, 5.74) is 0.0448. The van der Waals surface area contributed by atoms with Gasteiger partial charge in [0.15, 0.2) is 0 Å². The maximum Gasteiger partial charge on any atom is 0.303 e. The van der Waals surface area contributed by atoms with E-state index >= 15 is 0 Å². The molecule has 0 bridgehead atoms. The van der Waals surface area contributed by atoms with E-state index in [1.54, 1.807) is 6.07 Å². The van der Waals surface area contributed by atoms with E-state index in [0.717, 1.165) is 10.8 Å². The van der Waals surface area contributed by atoms with Gasteiger partial charge in [0.05, 0.1) is 0 Å². The lowest BCUT2D eigenvalue weighted by Gasteiger charge is -2.26. The number of rotatable bonds is 5. The van der Waals surface area contributed by atoms with Crippen molar-refractivity contribution < 1.29 is 14.7 Å². The van der Waals surface area contributed by atoms with Crippen LogP contribution < -0.4 is 5.32 Å². The fourth-order valence-electron chi connectivity index (χ4n) is 2.28. The van der Waals surface area contributed by atoms with Crippen molar-refractivity contribution in [2.24, 2.45) is 0 Å². The van der Waals surface area contributed by atoms with E-state index in [1.165, 1.54) is 0 Å². The minimum atomic E-state index is -0.859. The molecule has 0 saturated heterocycles. The van der Waals surface area contributed by atoms with Crippen LogP contribution in [0.15, 0.2) is 42.5 Å². The molecule has 110 valence electrons. The van der Waals surface area contributed by atoms with Gasteiger partial charge < -0.3 is 10.4 Å². The summed E-state index contributed by atoms with van der Waals surface area (Å²) in [6.07, 6.45) is 0.418. The summed E-state index contributed by atoms with van der Waals surface area (Å²) in [5.74, 6) is -1.04. The molecule has 0 aliphatic carbocycles. The second kappa shape index (κ2) is 5.95. The summed E-state index contributed by atoms with van der Waals surface area (Å²) in [7, 11) is 0. The predicted octanol–water partition coefficient (Wildman–Crippen LogP) is 3.21. The molecule has 0 spiro atoms. The summed E-state index contributed by atoms with van der Waals surface area (Å²) in [6.45, 7) is 3.66. The molecule has 2 aromatic rings. The summed E-state index contributed by atoms with van der Waals surface area (Å²) >= 11 is 0. The standard InChI is InChI=1S/C17H19NO3/c1-17(2,11-10-15(19)20)18-16(21)14-9-5-7-12-6-3-4-8-13(12)14/h3-9H,10-11H2,1-2H3,(H,18,21)(H,19,20). The zero-order valence-electron chi connectivity index (χ0n) is 12.2. The Bertz CT molecular complexity index is 671. The highest BCUT2D eigenvalue weighted by molar-refractivity contribution is 6.07. The molecule has 0 unspecified atom stereocenters. The van der Waals surface area contributed by atoms with E-state index in [-0.39, 0.29) is 12.3 Å². The minimum Gasteiger partial charge on any atom is -0.481 e. The number of benzene rings is 2. The first-order valence-corrected chi connectivity index (χ1v) is 6.91. The zero-order valence-corrected chi connectivity index (χ0v) is 12.2. The van der Waals surface area contributed by atoms with Crippen molar-refractivity contribution in [3.63, 3.8) is 0 Å². The van der Waals surface area contributed by atoms with Crippen LogP contribution in [0.25, 0.3) is 10.8 Å². The lowest BCUT2D eigenvalue weighted by Crippen LogP contribution is -2.43. The van der Waals surface area contributed by atoms with Crippen molar-refractivity contribution >= 4 is 22.6 Å². The maximum atomic E-state index is 12.5. The normalized spacial score (nSPS) is 11.3. The third-order valence-electron chi connectivity index (χ3n) is 3.45. The number of carboxylic acid groups (broad SMARTS) is 1. The van der Waals surface area contributed by atoms with Crippen LogP contribution in [-0.2, 0) is 4.79 Å². The van der Waals surface area contributed by atoms with E-state index in [2.05, 4.69) is 5.32 Å². The molecule has 0 saturated carbocycles. The molecule has 2 rings (SSSR count). The van der Waals surface area contributed by atoms with Crippen LogP contribution in [0.1, 0.15) is 37.0 Å². The average molecular weight is 285 g/mol. The van der Waals surface area contributed by atoms with E-state index in [0.29, 0.717) is 12.0 Å². The molecule has 4 nitrogen and oxygen atoms in total. The Kier molecular flexibility index (Phi) is 4.26. The van der Waals surface area contributed by atoms with E-state index < -0.39 is 11.5 Å². The number of carbonyl (C=O) groups excluding carboxylic acids is 1. The third-order valence-corrected chi connectivity index (χ3v) is 3.45. The van der Waals surface area contributed by atoms with Gasteiger partial charge in [-0.2, -0.15) is 0 Å². The fourth-order valence-corrected chi connectivity index (χ4v) is 2.28. The second-order valence-corrected chi connectivity index (χ2v) is 5.76. The van der Waals surface area contributed by atoms with Crippen molar-refractivity contribution in [1.29, 1.82) is 0 Å². The Hall–Kier alpha value is -2.36. The first-order chi connectivity index (χ1) is 9.89. The van der Waals surface area contributed by atoms with Gasteiger partial charge in [-0.1, -0.05) is 36.4 Å². The molecule has 0 aliphatic rings. The van der Waals surface area contributed by atoms with Gasteiger partial charge in [0, 0.05) is 17.5 Å². The van der Waals surface area contributed by atoms with E-state index in [4.69, 9.17) is 5.11 Å². The number of carbonyl (C=O) groups is 2. The Balaban J connectivity index is 2.21. The van der Waals surface area contributed by atoms with Crippen LogP contribution in [-0.4, -0.2) is 22.5 Å². The van der Waals surface area contributed by atoms with Gasteiger partial charge in [-0.25, -0.2) is 0 Å². The molecule has 2 N–H and O–H groups in total. The molecular weight excluding hydrogens is 266 g/mol. The van der Waals surface area contributed by atoms with Gasteiger partial charge >= 0.3 is 5.97 Å². The topological polar surface area (TPSA) is 66.4 Å². The van der Waals surface area contributed by atoms with Crippen LogP contribution in [0.2, 0.25) is 0 Å². The lowest BCUT2D eigenvalue weighted by molar-refractivity contribution is -0.137. The molecule has 0 heterocycles. The van der Waals surface area contributed by atoms with Gasteiger partial charge in [-0.05, 0) is 37.1 Å². The fraction of sp³-hybridized carbons (Fsp3) is 0.294. The van der Waals surface area contributed by atoms with Crippen molar-refractivity contribution in [1.82, 2.24) is 5.32 Å². The third kappa shape index (κ3) is 3.81. The highest BCUT2D eigenvalue weighted by Gasteiger charge is 2.22. The number of fused-ring (bicyclic) bond motifs is 1. The molecule has 1 amide bonds. The number of nitrogens with one attached hydrogen (secondary N) is 1. The Labute approximate surface area is 123 Å². The van der Waals surface area contributed by atoms with Crippen molar-refractivity contribution in [3.05, 3.63) is 48.0 Å². The molecular formula is C17H19NO3. The Morgan fingerprint density at radius 1 is 1.10 bits per heavy atom. The van der Waals surface area contributed by atoms with Crippen LogP contribution in [0.4, 0.5) is 0 Å². The van der Waals surface area contributed by atoms with Crippen LogP contribution >= 0.6 is 0 Å². The van der Waals surface area contributed by atoms with E-state index in [1.807, 2.05) is 50.2 Å². The summed E-state index contributed by atoms with van der Waals surface area (Å²) < 4.78 is 0. The quantitative estimate of drug-likeness (QED) is 0.886. The molecule has 0 aliphatic heterocycles. The highest BCUT2D eigenvalue weighted by atomic mass is 16.4. The molecule has 0 aromatic heterocycles. The SMILES string of the molecule is CC(C)(CCC(=O)O)NC(=O)c1cccc2ccccc12. The smallest absolute Gasteiger partial charge is 0.303 e. The van der Waals surface area contributed by atoms with Crippen molar-refractivity contribution in [3.8, 4) is 0 Å². The Morgan fingerprint density at radius 3 is 2.48 bits per heavy atom. The van der Waals surface area contributed by atoms with Crippen molar-refractivity contribution in [2.75, 3.05) is 0 Å². The first-order valence-electron chi connectivity index (χ1n) is 6.91. The van der Waals surface area contributed by atoms with E-state index in [9.17, 15) is 9.59 Å². The number of carboxylic acids is 1. The maximum absolute atomic E-state index is 12.5. The summed E-state index contributed by atoms with van der Waals surface area (Å²) in [6, 6.07) is 13.3. The van der Waals surface area contributed by atoms with Gasteiger partial charge in [0.25, 0.3) is 5.91 Å². The molecule has 0 radical (unpaired) electrons. The first kappa shape index (κ1) is 15.0. The second-order valence-electron chi connectivity index (χ2n) is 5.76. The summed E-state index contributed by atoms with van der Waals surface area (Å²) in [4.78, 5) is 23.1. The number of hydrogen-bond acceptors (Lipinski definition) is 2. The molecule has 0 atom stereocenters. The summed E-state index contributed by atoms with van der Waals surface area (Å²) in [5, 5.41) is 13.6. The monoisotopic (exact) mass is 285 g/mol. The zero-order chi connectivity index (χ0) is 15.5. The van der Waals surface area contributed by atoms with Gasteiger partial charge in [0.2, 0.25) is 0 Å². The number of aliphatic carboxylic acids is 1. The Morgan fingerprint density at radius 2 is 1.76 bits per heavy atom. The number of amides is 1. The average Bonchev–Trinajstić information content (AvgIpc) is 2.44. The largest absolute Gasteiger partial charge is 0.481 e. The van der Waals surface area contributed by atoms with Crippen LogP contribution in [0.3, 0.4) is 0 Å². The molecule has 21 heavy (non-hydrogen) atoms. The van der Waals surface area contributed by atoms with Gasteiger partial charge in [0.1, 0.15) is 0 Å². The number of hydrogen-bond donors (Lipinski definition) is 2. The van der Waals surface area contributed by atoms with Gasteiger partial charge in [-0.15, -0.1) is 0 Å². The lowest BCUT2D eigenvalue weighted by atomic mass is 9.97. The minimum absolute atomic E-state index is 0.0306. The van der Waals surface area contributed by atoms with Crippen LogP contribution in [0, 0.1) is 0 Å². The predicted molar refractivity (Wildman–Crippen MR) is 82.4 cm³/mol.